The van der Waals surface area contributed by atoms with Crippen LogP contribution in [0.5, 0.6) is 0 Å². The van der Waals surface area contributed by atoms with Crippen molar-refractivity contribution in [3.05, 3.63) is 4.85 Å². The Morgan fingerprint density at radius 1 is 1.11 bits per heavy atom. The number of alkyl halides is 6. The molecule has 0 saturated heterocycles. The van der Waals surface area contributed by atoms with E-state index in [0.29, 0.717) is 0 Å². The average molecular weight is 465 g/mol. The number of rotatable bonds is 1. The first-order chi connectivity index (χ1) is 7.79. The van der Waals surface area contributed by atoms with E-state index in [1.807, 2.05) is 0 Å². The topological polar surface area (TPSA) is 4.36 Å². The van der Waals surface area contributed by atoms with Crippen LogP contribution in [-0.2, 0) is 17.1 Å². The fourth-order valence-electron chi connectivity index (χ4n) is 0.791. The van der Waals surface area contributed by atoms with Gasteiger partial charge in [0.2, 0.25) is 0 Å². The summed E-state index contributed by atoms with van der Waals surface area (Å²) in [5.41, 5.74) is -0.933. The Balaban J connectivity index is 5.59. The van der Waals surface area contributed by atoms with Gasteiger partial charge in [-0.3, -0.25) is 0 Å². The molecule has 0 spiro atoms. The molecule has 0 aliphatic rings. The van der Waals surface area contributed by atoms with Crippen molar-refractivity contribution in [1.82, 2.24) is 0 Å². The van der Waals surface area contributed by atoms with Gasteiger partial charge in [-0.25, -0.2) is 0 Å². The minimum atomic E-state index is -5.09. The van der Waals surface area contributed by atoms with Crippen molar-refractivity contribution in [1.29, 1.82) is 0 Å². The van der Waals surface area contributed by atoms with E-state index < -0.39 is 44.8 Å². The summed E-state index contributed by atoms with van der Waals surface area (Å²) < 4.78 is 73.5. The third-order valence-corrected chi connectivity index (χ3v) is 5.12. The van der Waals surface area contributed by atoms with Crippen molar-refractivity contribution in [2.24, 2.45) is 5.92 Å². The fourth-order valence-corrected chi connectivity index (χ4v) is 3.54. The summed E-state index contributed by atoms with van der Waals surface area (Å²) >= 11 is -2.80. The summed E-state index contributed by atoms with van der Waals surface area (Å²) in [6.45, 7) is 4.38. The summed E-state index contributed by atoms with van der Waals surface area (Å²) in [7, 11) is 5.13. The Morgan fingerprint density at radius 2 is 1.56 bits per heavy atom. The van der Waals surface area contributed by atoms with Gasteiger partial charge in [0.15, 0.2) is 0 Å². The van der Waals surface area contributed by atoms with Gasteiger partial charge in [0.25, 0.3) is 0 Å². The monoisotopic (exact) mass is 465 g/mol. The molecule has 0 aromatic rings. The van der Waals surface area contributed by atoms with E-state index in [1.54, 1.807) is 6.07 Å². The Kier molecular flexibility index (Phi) is 5.89. The molecule has 0 fully saturated rings. The molecule has 0 bridgehead atoms. The molecular formula is C9H10ClF6NW+. The van der Waals surface area contributed by atoms with Gasteiger partial charge in [0, 0.05) is 0 Å². The van der Waals surface area contributed by atoms with E-state index in [-0.39, 0.29) is 0 Å². The maximum absolute atomic E-state index is 12.6. The molecule has 1 nitrogen and oxygen atoms in total. The molecular weight excluding hydrogens is 455 g/mol. The Bertz CT molecular complexity index is 381. The van der Waals surface area contributed by atoms with E-state index in [4.69, 9.17) is 9.42 Å². The van der Waals surface area contributed by atoms with Crippen LogP contribution in [0.1, 0.15) is 20.8 Å². The van der Waals surface area contributed by atoms with Crippen molar-refractivity contribution >= 4 is 13.3 Å². The average Bonchev–Trinajstić information content (AvgIpc) is 2.05. The second-order valence-corrected chi connectivity index (χ2v) is 7.72. The SMILES string of the molecule is CC(C)(C)[N+]#CC([C](=[W][Cl])C(F)(F)F)C(F)(F)F. The molecule has 0 amide bonds. The van der Waals surface area contributed by atoms with Crippen LogP contribution in [0.2, 0.25) is 0 Å². The van der Waals surface area contributed by atoms with Crippen molar-refractivity contribution in [3.8, 4) is 6.07 Å². The molecule has 0 aromatic carbocycles. The van der Waals surface area contributed by atoms with Crippen molar-refractivity contribution in [3.63, 3.8) is 0 Å². The third-order valence-electron chi connectivity index (χ3n) is 1.48. The second-order valence-electron chi connectivity index (χ2n) is 4.33. The molecule has 18 heavy (non-hydrogen) atoms. The quantitative estimate of drug-likeness (QED) is 0.510. The molecule has 1 unspecified atom stereocenters. The fraction of sp³-hybridized carbons (Fsp3) is 0.778. The van der Waals surface area contributed by atoms with Crippen molar-refractivity contribution < 1.29 is 43.4 Å². The summed E-state index contributed by atoms with van der Waals surface area (Å²) in [6, 6.07) is 1.56. The standard InChI is InChI=1S/C9H10F6N.ClH.W/c1-7(2,3)16-5-6(9(13,14)15)4-8(10,11)12;;/h6H,1-3H3;1H;/q+1;;+1/p-1. The van der Waals surface area contributed by atoms with Gasteiger partial charge in [-0.15, -0.1) is 0 Å². The second kappa shape index (κ2) is 5.92. The van der Waals surface area contributed by atoms with E-state index in [2.05, 4.69) is 4.85 Å². The predicted octanol–water partition coefficient (Wildman–Crippen LogP) is 4.27. The van der Waals surface area contributed by atoms with Crippen LogP contribution in [0.4, 0.5) is 26.3 Å². The molecule has 9 heteroatoms. The first kappa shape index (κ1) is 17.9. The van der Waals surface area contributed by atoms with Crippen molar-refractivity contribution in [2.75, 3.05) is 0 Å². The van der Waals surface area contributed by atoms with Gasteiger partial charge in [-0.05, 0) is 0 Å². The molecule has 0 rings (SSSR count). The van der Waals surface area contributed by atoms with Gasteiger partial charge in [-0.2, -0.15) is 0 Å². The zero-order chi connectivity index (χ0) is 14.8. The van der Waals surface area contributed by atoms with Gasteiger partial charge < -0.3 is 0 Å². The van der Waals surface area contributed by atoms with Crippen LogP contribution in [0, 0.1) is 12.0 Å². The summed E-state index contributed by atoms with van der Waals surface area (Å²) in [6.07, 6.45) is -10.2. The van der Waals surface area contributed by atoms with Crippen LogP contribution in [0.25, 0.3) is 4.85 Å². The summed E-state index contributed by atoms with van der Waals surface area (Å²) in [4.78, 5) is 3.38. The van der Waals surface area contributed by atoms with Gasteiger partial charge in [0.1, 0.15) is 0 Å². The molecule has 0 aliphatic heterocycles. The predicted molar refractivity (Wildman–Crippen MR) is 53.5 cm³/mol. The van der Waals surface area contributed by atoms with Crippen LogP contribution in [0.3, 0.4) is 0 Å². The number of halogens is 7. The molecule has 105 valence electrons. The minimum absolute atomic E-state index is 0.933. The molecule has 0 saturated carbocycles. The third kappa shape index (κ3) is 6.19. The van der Waals surface area contributed by atoms with Gasteiger partial charge >= 0.3 is 112 Å². The normalized spacial score (nSPS) is 16.0. The van der Waals surface area contributed by atoms with Crippen LogP contribution < -0.4 is 0 Å². The van der Waals surface area contributed by atoms with Crippen LogP contribution >= 0.6 is 9.42 Å². The molecule has 0 N–H and O–H groups in total. The molecule has 0 aromatic heterocycles. The zero-order valence-electron chi connectivity index (χ0n) is 9.58. The first-order valence-corrected chi connectivity index (χ1v) is 9.66. The molecule has 0 radical (unpaired) electrons. The molecule has 0 aliphatic carbocycles. The van der Waals surface area contributed by atoms with Gasteiger partial charge in [0.05, 0.1) is 0 Å². The van der Waals surface area contributed by atoms with Gasteiger partial charge in [-0.1, -0.05) is 0 Å². The van der Waals surface area contributed by atoms with E-state index >= 15 is 0 Å². The molecule has 1 atom stereocenters. The Labute approximate surface area is 112 Å². The van der Waals surface area contributed by atoms with E-state index in [1.165, 1.54) is 20.8 Å². The number of hydrogen-bond donors (Lipinski definition) is 0. The zero-order valence-corrected chi connectivity index (χ0v) is 13.3. The van der Waals surface area contributed by atoms with Crippen LogP contribution in [-0.4, -0.2) is 21.8 Å². The maximum atomic E-state index is 12.6. The van der Waals surface area contributed by atoms with E-state index in [0.717, 1.165) is 0 Å². The van der Waals surface area contributed by atoms with Crippen molar-refractivity contribution in [2.45, 2.75) is 38.7 Å². The Hall–Kier alpha value is -0.0817. The number of hydrogen-bond acceptors (Lipinski definition) is 0. The Morgan fingerprint density at radius 3 is 1.78 bits per heavy atom. The number of nitrogens with zero attached hydrogens (tertiary/aromatic N) is 1. The molecule has 0 heterocycles. The summed E-state index contributed by atoms with van der Waals surface area (Å²) in [5.74, 6) is -2.86. The van der Waals surface area contributed by atoms with E-state index in [9.17, 15) is 26.3 Å². The first-order valence-electron chi connectivity index (χ1n) is 4.56. The summed E-state index contributed by atoms with van der Waals surface area (Å²) in [5, 5.41) is 0. The van der Waals surface area contributed by atoms with Crippen LogP contribution in [0.15, 0.2) is 0 Å².